The van der Waals surface area contributed by atoms with E-state index >= 15 is 0 Å². The van der Waals surface area contributed by atoms with Gasteiger partial charge in [-0.3, -0.25) is 13.9 Å². The molecule has 33 heavy (non-hydrogen) atoms. The predicted octanol–water partition coefficient (Wildman–Crippen LogP) is 1.22. The van der Waals surface area contributed by atoms with Crippen molar-refractivity contribution in [3.8, 4) is 5.75 Å². The summed E-state index contributed by atoms with van der Waals surface area (Å²) >= 11 is 0. The van der Waals surface area contributed by atoms with Crippen molar-refractivity contribution in [2.24, 2.45) is 0 Å². The van der Waals surface area contributed by atoms with Crippen molar-refractivity contribution in [2.75, 3.05) is 12.8 Å². The second-order valence-electron chi connectivity index (χ2n) is 7.50. The van der Waals surface area contributed by atoms with Crippen molar-refractivity contribution in [3.63, 3.8) is 0 Å². The van der Waals surface area contributed by atoms with E-state index in [-0.39, 0.29) is 18.0 Å². The fraction of sp³-hybridized carbons (Fsp3) is 0.450. The number of hydrogen-bond donors (Lipinski definition) is 3. The number of benzene rings is 1. The molecule has 2 heterocycles. The first kappa shape index (κ1) is 24.9. The van der Waals surface area contributed by atoms with Crippen molar-refractivity contribution >= 4 is 19.5 Å². The normalized spacial score (nSPS) is 23.9. The van der Waals surface area contributed by atoms with Crippen molar-refractivity contribution in [1.29, 1.82) is 0 Å². The van der Waals surface area contributed by atoms with E-state index in [2.05, 4.69) is 14.8 Å². The lowest BCUT2D eigenvalue weighted by Crippen LogP contribution is -2.37. The lowest BCUT2D eigenvalue weighted by atomic mass is 10.1. The maximum Gasteiger partial charge on any atom is 0.459 e. The number of nitrogen functional groups attached to an aromatic ring is 1. The molecule has 1 aliphatic heterocycles. The summed E-state index contributed by atoms with van der Waals surface area (Å²) in [6, 6.07) is 8.70. The lowest BCUT2D eigenvalue weighted by Gasteiger charge is -2.27. The highest BCUT2D eigenvalue weighted by atomic mass is 31.2. The van der Waals surface area contributed by atoms with Gasteiger partial charge in [-0.2, -0.15) is 10.1 Å². The number of ether oxygens (including phenoxy) is 2. The molecule has 0 saturated carbocycles. The number of nitrogens with one attached hydrogen (secondary N) is 1. The molecule has 1 aromatic carbocycles. The number of carbonyl (C=O) groups is 1. The third-order valence-electron chi connectivity index (χ3n) is 4.95. The molecule has 1 aliphatic rings. The number of methoxy groups -OCH3 is 1. The molecule has 3 unspecified atom stereocenters. The summed E-state index contributed by atoms with van der Waals surface area (Å²) in [5.74, 6) is -0.366. The molecule has 0 amide bonds. The molecule has 4 N–H and O–H groups in total. The van der Waals surface area contributed by atoms with Crippen molar-refractivity contribution in [3.05, 3.63) is 53.1 Å². The van der Waals surface area contributed by atoms with Crippen LogP contribution in [0.5, 0.6) is 5.75 Å². The van der Waals surface area contributed by atoms with E-state index in [4.69, 9.17) is 19.5 Å². The molecular weight excluding hydrogens is 455 g/mol. The summed E-state index contributed by atoms with van der Waals surface area (Å²) in [5, 5.41) is 13.0. The highest BCUT2D eigenvalue weighted by Gasteiger charge is 2.42. The zero-order chi connectivity index (χ0) is 24.2. The molecule has 1 aromatic heterocycles. The predicted molar refractivity (Wildman–Crippen MR) is 117 cm³/mol. The Morgan fingerprint density at radius 2 is 2.03 bits per heavy atom. The highest BCUT2D eigenvalue weighted by Crippen LogP contribution is 2.47. The van der Waals surface area contributed by atoms with E-state index in [0.717, 1.165) is 4.57 Å². The number of para-hydroxylation sites is 1. The van der Waals surface area contributed by atoms with Crippen LogP contribution >= 0.6 is 7.75 Å². The molecule has 0 bridgehead atoms. The van der Waals surface area contributed by atoms with E-state index < -0.39 is 50.0 Å². The fourth-order valence-corrected chi connectivity index (χ4v) is 5.01. The van der Waals surface area contributed by atoms with Crippen LogP contribution in [0.1, 0.15) is 26.5 Å². The Kier molecular flexibility index (Phi) is 7.88. The summed E-state index contributed by atoms with van der Waals surface area (Å²) in [4.78, 5) is 27.6. The monoisotopic (exact) mass is 482 g/mol. The molecule has 0 radical (unpaired) electrons. The van der Waals surface area contributed by atoms with Crippen LogP contribution < -0.4 is 21.0 Å². The van der Waals surface area contributed by atoms with E-state index in [1.807, 2.05) is 0 Å². The second kappa shape index (κ2) is 10.4. The van der Waals surface area contributed by atoms with Crippen LogP contribution in [0.2, 0.25) is 0 Å². The second-order valence-corrected chi connectivity index (χ2v) is 9.14. The van der Waals surface area contributed by atoms with Gasteiger partial charge in [0.2, 0.25) is 0 Å². The van der Waals surface area contributed by atoms with Crippen LogP contribution in [0.4, 0.5) is 5.82 Å². The van der Waals surface area contributed by atoms with Gasteiger partial charge in [0.05, 0.1) is 19.3 Å². The number of esters is 1. The van der Waals surface area contributed by atoms with Gasteiger partial charge in [0, 0.05) is 12.6 Å². The Morgan fingerprint density at radius 3 is 2.67 bits per heavy atom. The minimum absolute atomic E-state index is 0.0433. The van der Waals surface area contributed by atoms with Crippen LogP contribution in [0.25, 0.3) is 0 Å². The Bertz CT molecular complexity index is 1070. The maximum absolute atomic E-state index is 13.5. The first-order valence-electron chi connectivity index (χ1n) is 10.2. The molecule has 0 aliphatic carbocycles. The smallest absolute Gasteiger partial charge is 0.459 e. The highest BCUT2D eigenvalue weighted by molar-refractivity contribution is 7.52. The number of carbonyl (C=O) groups excluding carboxylic acids is 1. The minimum Gasteiger partial charge on any atom is -0.468 e. The number of nitrogens with two attached hydrogens (primary N) is 1. The number of nitrogens with zero attached hydrogens (tertiary/aromatic N) is 2. The Balaban J connectivity index is 1.77. The fourth-order valence-electron chi connectivity index (χ4n) is 3.30. The van der Waals surface area contributed by atoms with Gasteiger partial charge < -0.3 is 24.8 Å². The van der Waals surface area contributed by atoms with Gasteiger partial charge in [0.25, 0.3) is 0 Å². The van der Waals surface area contributed by atoms with Crippen LogP contribution in [-0.4, -0.2) is 52.1 Å². The topological polar surface area (TPSA) is 164 Å². The molecule has 12 nitrogen and oxygen atoms in total. The zero-order valence-electron chi connectivity index (χ0n) is 18.4. The lowest BCUT2D eigenvalue weighted by molar-refractivity contribution is -0.142. The molecule has 13 heteroatoms. The first-order valence-corrected chi connectivity index (χ1v) is 11.7. The summed E-state index contributed by atoms with van der Waals surface area (Å²) in [7, 11) is -2.91. The Hall–Kier alpha value is -2.76. The van der Waals surface area contributed by atoms with Crippen molar-refractivity contribution < 1.29 is 33.0 Å². The third-order valence-corrected chi connectivity index (χ3v) is 6.71. The molecule has 1 fully saturated rings. The molecular formula is C20H27N4O8P. The van der Waals surface area contributed by atoms with Gasteiger partial charge in [-0.25, -0.2) is 9.36 Å². The van der Waals surface area contributed by atoms with Crippen LogP contribution in [-0.2, 0) is 23.4 Å². The van der Waals surface area contributed by atoms with Gasteiger partial charge in [-0.1, -0.05) is 18.2 Å². The van der Waals surface area contributed by atoms with Gasteiger partial charge in [-0.05, 0) is 32.0 Å². The average molecular weight is 482 g/mol. The molecule has 1 saturated heterocycles. The molecule has 3 rings (SSSR count). The minimum atomic E-state index is -4.11. The summed E-state index contributed by atoms with van der Waals surface area (Å²) in [6.45, 7) is 3.03. The summed E-state index contributed by atoms with van der Waals surface area (Å²) in [5.41, 5.74) is 4.83. The third kappa shape index (κ3) is 6.18. The number of rotatable bonds is 9. The Morgan fingerprint density at radius 1 is 1.33 bits per heavy atom. The maximum atomic E-state index is 13.5. The average Bonchev–Trinajstić information content (AvgIpc) is 3.15. The van der Waals surface area contributed by atoms with Gasteiger partial charge >= 0.3 is 19.4 Å². The van der Waals surface area contributed by atoms with Gasteiger partial charge in [0.15, 0.2) is 6.23 Å². The number of aliphatic hydroxyl groups is 1. The summed E-state index contributed by atoms with van der Waals surface area (Å²) < 4.78 is 36.5. The van der Waals surface area contributed by atoms with Crippen LogP contribution in [0.3, 0.4) is 0 Å². The summed E-state index contributed by atoms with van der Waals surface area (Å²) in [6.07, 6.45) is -2.25. The first-order chi connectivity index (χ1) is 15.6. The zero-order valence-corrected chi connectivity index (χ0v) is 19.3. The van der Waals surface area contributed by atoms with E-state index in [9.17, 15) is 19.3 Å². The quantitative estimate of drug-likeness (QED) is 0.348. The SMILES string of the molecule is COC(=O)[C@H](C)NP(=O)(Oc1ccccc1)OC(C)C1C[C@@H](O)[C@H](n2ccc(N)nc2=O)O1. The van der Waals surface area contributed by atoms with E-state index in [0.29, 0.717) is 0 Å². The van der Waals surface area contributed by atoms with E-state index in [1.54, 1.807) is 37.3 Å². The van der Waals surface area contributed by atoms with Crippen LogP contribution in [0.15, 0.2) is 47.4 Å². The molecule has 2 aromatic rings. The number of anilines is 1. The Labute approximate surface area is 190 Å². The molecule has 0 spiro atoms. The van der Waals surface area contributed by atoms with Gasteiger partial charge in [-0.15, -0.1) is 0 Å². The standard InChI is InChI=1S/C20H27N4O8P/c1-12(19(26)29-3)23-33(28,32-14-7-5-4-6-8-14)31-13(2)16-11-15(25)18(30-16)24-10-9-17(21)22-20(24)27/h4-10,12-13,15-16,18,25H,11H2,1-3H3,(H,23,28)(H2,21,22,27)/t12-,13?,15+,16?,18+,33?/m0/s1. The van der Waals surface area contributed by atoms with E-state index in [1.165, 1.54) is 26.3 Å². The number of aromatic nitrogens is 2. The number of hydrogen-bond acceptors (Lipinski definition) is 10. The van der Waals surface area contributed by atoms with Crippen molar-refractivity contribution in [1.82, 2.24) is 14.6 Å². The molecule has 180 valence electrons. The van der Waals surface area contributed by atoms with Crippen molar-refractivity contribution in [2.45, 2.75) is 50.8 Å². The van der Waals surface area contributed by atoms with Crippen LogP contribution in [0, 0.1) is 0 Å². The number of aliphatic hydroxyl groups excluding tert-OH is 1. The molecule has 6 atom stereocenters. The van der Waals surface area contributed by atoms with Gasteiger partial charge in [0.1, 0.15) is 23.7 Å². The largest absolute Gasteiger partial charge is 0.468 e.